The van der Waals surface area contributed by atoms with Crippen LogP contribution in [0.2, 0.25) is 0 Å². The van der Waals surface area contributed by atoms with Crippen LogP contribution in [0.25, 0.3) is 0 Å². The molecular weight excluding hydrogens is 378 g/mol. The standard InChI is InChI=1S/C17H21NO6S2/c1-12(13-5-8-15(9-6-13)25(4,19)20)18-26(21,22)17-11-14(23-2)7-10-16(17)24-3/h5-12,18H,1-4H3/t12-/m0/s1. The predicted octanol–water partition coefficient (Wildman–Crippen LogP) is 2.15. The zero-order valence-corrected chi connectivity index (χ0v) is 16.5. The Labute approximate surface area is 153 Å². The maximum Gasteiger partial charge on any atom is 0.244 e. The summed E-state index contributed by atoms with van der Waals surface area (Å²) in [5.74, 6) is 0.578. The van der Waals surface area contributed by atoms with E-state index >= 15 is 0 Å². The summed E-state index contributed by atoms with van der Waals surface area (Å²) in [5, 5.41) is 0. The lowest BCUT2D eigenvalue weighted by Gasteiger charge is -2.17. The molecule has 26 heavy (non-hydrogen) atoms. The average Bonchev–Trinajstić information content (AvgIpc) is 2.60. The van der Waals surface area contributed by atoms with Gasteiger partial charge in [0.15, 0.2) is 9.84 Å². The van der Waals surface area contributed by atoms with Gasteiger partial charge in [-0.05, 0) is 36.8 Å². The van der Waals surface area contributed by atoms with E-state index in [1.54, 1.807) is 25.1 Å². The highest BCUT2D eigenvalue weighted by molar-refractivity contribution is 7.90. The lowest BCUT2D eigenvalue weighted by Crippen LogP contribution is -2.27. The maximum absolute atomic E-state index is 12.7. The summed E-state index contributed by atoms with van der Waals surface area (Å²) in [6.45, 7) is 1.67. The van der Waals surface area contributed by atoms with Gasteiger partial charge in [-0.15, -0.1) is 0 Å². The number of ether oxygens (including phenoxy) is 2. The van der Waals surface area contributed by atoms with Crippen molar-refractivity contribution in [2.45, 2.75) is 22.8 Å². The van der Waals surface area contributed by atoms with Crippen molar-refractivity contribution in [3.05, 3.63) is 48.0 Å². The number of benzene rings is 2. The highest BCUT2D eigenvalue weighted by atomic mass is 32.2. The van der Waals surface area contributed by atoms with Gasteiger partial charge in [-0.2, -0.15) is 0 Å². The van der Waals surface area contributed by atoms with Crippen LogP contribution in [0.15, 0.2) is 52.3 Å². The van der Waals surface area contributed by atoms with Crippen LogP contribution < -0.4 is 14.2 Å². The minimum absolute atomic E-state index is 0.0426. The Morgan fingerprint density at radius 1 is 0.923 bits per heavy atom. The monoisotopic (exact) mass is 399 g/mol. The summed E-state index contributed by atoms with van der Waals surface area (Å²) in [7, 11) is -4.38. The first-order valence-electron chi connectivity index (χ1n) is 7.63. The fraction of sp³-hybridized carbons (Fsp3) is 0.294. The molecule has 0 aliphatic carbocycles. The Balaban J connectivity index is 2.32. The van der Waals surface area contributed by atoms with Crippen LogP contribution in [0.4, 0.5) is 0 Å². The van der Waals surface area contributed by atoms with Crippen LogP contribution in [0, 0.1) is 0 Å². The normalized spacial score (nSPS) is 13.2. The highest BCUT2D eigenvalue weighted by Gasteiger charge is 2.23. The number of sulfone groups is 1. The Kier molecular flexibility index (Phi) is 5.94. The molecule has 2 rings (SSSR count). The largest absolute Gasteiger partial charge is 0.497 e. The minimum atomic E-state index is -3.89. The molecule has 0 fully saturated rings. The molecule has 2 aromatic carbocycles. The molecule has 2 aromatic rings. The lowest BCUT2D eigenvalue weighted by molar-refractivity contribution is 0.391. The van der Waals surface area contributed by atoms with Crippen molar-refractivity contribution in [2.75, 3.05) is 20.5 Å². The smallest absolute Gasteiger partial charge is 0.244 e. The molecule has 1 atom stereocenters. The van der Waals surface area contributed by atoms with Gasteiger partial charge < -0.3 is 9.47 Å². The second-order valence-electron chi connectivity index (χ2n) is 5.70. The van der Waals surface area contributed by atoms with E-state index in [2.05, 4.69) is 4.72 Å². The Morgan fingerprint density at radius 3 is 2.04 bits per heavy atom. The Morgan fingerprint density at radius 2 is 1.54 bits per heavy atom. The van der Waals surface area contributed by atoms with Crippen LogP contribution in [-0.2, 0) is 19.9 Å². The van der Waals surface area contributed by atoms with Crippen molar-refractivity contribution in [1.29, 1.82) is 0 Å². The third-order valence-corrected chi connectivity index (χ3v) is 6.49. The molecule has 7 nitrogen and oxygen atoms in total. The maximum atomic E-state index is 12.7. The van der Waals surface area contributed by atoms with Crippen LogP contribution in [0.5, 0.6) is 11.5 Å². The predicted molar refractivity (Wildman–Crippen MR) is 97.8 cm³/mol. The fourth-order valence-electron chi connectivity index (χ4n) is 2.36. The van der Waals surface area contributed by atoms with Gasteiger partial charge in [0.1, 0.15) is 16.4 Å². The number of hydrogen-bond donors (Lipinski definition) is 1. The molecule has 142 valence electrons. The van der Waals surface area contributed by atoms with E-state index in [-0.39, 0.29) is 15.5 Å². The van der Waals surface area contributed by atoms with E-state index in [9.17, 15) is 16.8 Å². The molecule has 0 heterocycles. The van der Waals surface area contributed by atoms with Crippen LogP contribution in [0.1, 0.15) is 18.5 Å². The topological polar surface area (TPSA) is 98.8 Å². The first-order chi connectivity index (χ1) is 12.1. The van der Waals surface area contributed by atoms with E-state index in [1.165, 1.54) is 38.5 Å². The Hall–Kier alpha value is -2.10. The second kappa shape index (κ2) is 7.65. The van der Waals surface area contributed by atoms with Crippen molar-refractivity contribution in [2.24, 2.45) is 0 Å². The molecule has 0 bridgehead atoms. The quantitative estimate of drug-likeness (QED) is 0.766. The van der Waals surface area contributed by atoms with Gasteiger partial charge in [-0.3, -0.25) is 0 Å². The van der Waals surface area contributed by atoms with Crippen LogP contribution >= 0.6 is 0 Å². The summed E-state index contributed by atoms with van der Waals surface area (Å²) >= 11 is 0. The number of rotatable bonds is 7. The summed E-state index contributed by atoms with van der Waals surface area (Å²) in [4.78, 5) is 0.129. The third-order valence-electron chi connectivity index (χ3n) is 3.80. The van der Waals surface area contributed by atoms with Gasteiger partial charge >= 0.3 is 0 Å². The van der Waals surface area contributed by atoms with Crippen molar-refractivity contribution in [3.8, 4) is 11.5 Å². The number of methoxy groups -OCH3 is 2. The number of hydrogen-bond acceptors (Lipinski definition) is 6. The van der Waals surface area contributed by atoms with Gasteiger partial charge in [-0.1, -0.05) is 12.1 Å². The third kappa shape index (κ3) is 4.54. The van der Waals surface area contributed by atoms with Crippen molar-refractivity contribution in [3.63, 3.8) is 0 Å². The fourth-order valence-corrected chi connectivity index (χ4v) is 4.41. The van der Waals surface area contributed by atoms with Gasteiger partial charge in [0.2, 0.25) is 10.0 Å². The van der Waals surface area contributed by atoms with Gasteiger partial charge in [-0.25, -0.2) is 21.6 Å². The molecule has 0 saturated carbocycles. The van der Waals surface area contributed by atoms with E-state index < -0.39 is 25.9 Å². The van der Waals surface area contributed by atoms with E-state index in [4.69, 9.17) is 9.47 Å². The van der Waals surface area contributed by atoms with Crippen molar-refractivity contribution < 1.29 is 26.3 Å². The number of sulfonamides is 1. The van der Waals surface area contributed by atoms with Crippen LogP contribution in [-0.4, -0.2) is 37.3 Å². The van der Waals surface area contributed by atoms with Crippen LogP contribution in [0.3, 0.4) is 0 Å². The van der Waals surface area contributed by atoms with Gasteiger partial charge in [0.25, 0.3) is 0 Å². The molecule has 0 aliphatic heterocycles. The molecule has 0 unspecified atom stereocenters. The Bertz CT molecular complexity index is 982. The minimum Gasteiger partial charge on any atom is -0.497 e. The average molecular weight is 399 g/mol. The van der Waals surface area contributed by atoms with Crippen molar-refractivity contribution in [1.82, 2.24) is 4.72 Å². The first-order valence-corrected chi connectivity index (χ1v) is 11.0. The van der Waals surface area contributed by atoms with Gasteiger partial charge in [0, 0.05) is 18.4 Å². The molecule has 0 radical (unpaired) electrons. The SMILES string of the molecule is COc1ccc(OC)c(S(=O)(=O)N[C@@H](C)c2ccc(S(C)(=O)=O)cc2)c1. The summed E-state index contributed by atoms with van der Waals surface area (Å²) in [6.07, 6.45) is 1.11. The van der Waals surface area contributed by atoms with E-state index in [0.717, 1.165) is 6.26 Å². The second-order valence-corrected chi connectivity index (χ2v) is 9.40. The molecule has 0 aromatic heterocycles. The molecular formula is C17H21NO6S2. The molecule has 0 amide bonds. The highest BCUT2D eigenvalue weighted by Crippen LogP contribution is 2.29. The van der Waals surface area contributed by atoms with Gasteiger partial charge in [0.05, 0.1) is 19.1 Å². The van der Waals surface area contributed by atoms with E-state index in [0.29, 0.717) is 11.3 Å². The molecule has 0 spiro atoms. The summed E-state index contributed by atoms with van der Waals surface area (Å²) in [5.41, 5.74) is 0.628. The molecule has 0 aliphatic rings. The molecule has 0 saturated heterocycles. The molecule has 1 N–H and O–H groups in total. The lowest BCUT2D eigenvalue weighted by atomic mass is 10.1. The zero-order valence-electron chi connectivity index (χ0n) is 14.9. The first kappa shape index (κ1) is 20.2. The number of nitrogens with one attached hydrogen (secondary N) is 1. The van der Waals surface area contributed by atoms with Crippen molar-refractivity contribution >= 4 is 19.9 Å². The summed E-state index contributed by atoms with van der Waals surface area (Å²) < 4.78 is 61.3. The zero-order chi connectivity index (χ0) is 19.5. The molecule has 9 heteroatoms. The van der Waals surface area contributed by atoms with E-state index in [1.807, 2.05) is 0 Å². The summed E-state index contributed by atoms with van der Waals surface area (Å²) in [6, 6.07) is 9.96.